The maximum Gasteiger partial charge on any atom is 0.0923 e. The van der Waals surface area contributed by atoms with E-state index in [0.717, 1.165) is 15.7 Å². The van der Waals surface area contributed by atoms with Gasteiger partial charge in [0.2, 0.25) is 0 Å². The van der Waals surface area contributed by atoms with E-state index in [1.54, 1.807) is 4.68 Å². The van der Waals surface area contributed by atoms with Gasteiger partial charge in [0.25, 0.3) is 0 Å². The van der Waals surface area contributed by atoms with Gasteiger partial charge in [-0.1, -0.05) is 28.1 Å². The molecule has 0 aliphatic heterocycles. The zero-order valence-electron chi connectivity index (χ0n) is 10.8. The molecule has 0 fully saturated rings. The van der Waals surface area contributed by atoms with Gasteiger partial charge in [0.15, 0.2) is 0 Å². The van der Waals surface area contributed by atoms with E-state index in [9.17, 15) is 0 Å². The minimum Gasteiger partial charge on any atom is -0.271 e. The molecule has 1 aromatic heterocycles. The summed E-state index contributed by atoms with van der Waals surface area (Å²) in [6.07, 6.45) is 2.85. The lowest BCUT2D eigenvalue weighted by molar-refractivity contribution is 0.477. The summed E-state index contributed by atoms with van der Waals surface area (Å²) in [6.45, 7) is 0.523. The molecule has 1 heterocycles. The Kier molecular flexibility index (Phi) is 4.92. The van der Waals surface area contributed by atoms with Crippen LogP contribution < -0.4 is 0 Å². The molecular weight excluding hydrogens is 316 g/mol. The van der Waals surface area contributed by atoms with E-state index in [1.807, 2.05) is 36.5 Å². The third-order valence-corrected chi connectivity index (χ3v) is 3.50. The zero-order valence-corrected chi connectivity index (χ0v) is 12.4. The lowest BCUT2D eigenvalue weighted by Crippen LogP contribution is -2.09. The summed E-state index contributed by atoms with van der Waals surface area (Å²) in [6, 6.07) is 14.2. The van der Waals surface area contributed by atoms with Gasteiger partial charge in [-0.2, -0.15) is 15.6 Å². The lowest BCUT2D eigenvalue weighted by Gasteiger charge is -2.06. The highest BCUT2D eigenvalue weighted by Gasteiger charge is 2.10. The van der Waals surface area contributed by atoms with Gasteiger partial charge in [-0.3, -0.25) is 4.68 Å². The van der Waals surface area contributed by atoms with E-state index in [0.29, 0.717) is 19.4 Å². The average Bonchev–Trinajstić information content (AvgIpc) is 2.92. The summed E-state index contributed by atoms with van der Waals surface area (Å²) in [5.74, 6) is -0.174. The third-order valence-electron chi connectivity index (χ3n) is 2.98. The lowest BCUT2D eigenvalue weighted by atomic mass is 10.1. The van der Waals surface area contributed by atoms with Crippen molar-refractivity contribution in [3.63, 3.8) is 0 Å². The molecule has 0 N–H and O–H groups in total. The van der Waals surface area contributed by atoms with Crippen molar-refractivity contribution in [2.75, 3.05) is 0 Å². The van der Waals surface area contributed by atoms with Crippen LogP contribution in [0.15, 0.2) is 41.0 Å². The highest BCUT2D eigenvalue weighted by molar-refractivity contribution is 9.10. The number of nitrogens with zero attached hydrogens (tertiary/aromatic N) is 4. The first-order valence-electron chi connectivity index (χ1n) is 6.29. The van der Waals surface area contributed by atoms with Crippen LogP contribution in [-0.4, -0.2) is 9.78 Å². The van der Waals surface area contributed by atoms with Crippen LogP contribution >= 0.6 is 15.9 Å². The quantitative estimate of drug-likeness (QED) is 0.839. The molecule has 0 saturated heterocycles. The van der Waals surface area contributed by atoms with Crippen molar-refractivity contribution >= 4 is 15.9 Å². The molecule has 0 amide bonds. The van der Waals surface area contributed by atoms with E-state index < -0.39 is 0 Å². The van der Waals surface area contributed by atoms with E-state index in [1.165, 1.54) is 0 Å². The summed E-state index contributed by atoms with van der Waals surface area (Å²) >= 11 is 3.40. The second-order valence-electron chi connectivity index (χ2n) is 4.45. The fourth-order valence-electron chi connectivity index (χ4n) is 1.90. The van der Waals surface area contributed by atoms with Gasteiger partial charge in [-0.25, -0.2) is 0 Å². The molecule has 100 valence electrons. The molecule has 2 rings (SSSR count). The number of nitriles is 2. The molecular formula is C15H13BrN4. The second kappa shape index (κ2) is 6.88. The molecule has 1 atom stereocenters. The van der Waals surface area contributed by atoms with Crippen LogP contribution in [0.1, 0.15) is 12.8 Å². The van der Waals surface area contributed by atoms with Crippen LogP contribution in [0.25, 0.3) is 11.3 Å². The van der Waals surface area contributed by atoms with Gasteiger partial charge in [-0.05, 0) is 24.6 Å². The van der Waals surface area contributed by atoms with Gasteiger partial charge >= 0.3 is 0 Å². The number of aromatic nitrogens is 2. The Labute approximate surface area is 126 Å². The van der Waals surface area contributed by atoms with Crippen LogP contribution in [0.5, 0.6) is 0 Å². The fourth-order valence-corrected chi connectivity index (χ4v) is 2.16. The molecule has 0 saturated carbocycles. The summed E-state index contributed by atoms with van der Waals surface area (Å²) in [5.41, 5.74) is 1.92. The topological polar surface area (TPSA) is 65.4 Å². The molecule has 20 heavy (non-hydrogen) atoms. The van der Waals surface area contributed by atoms with Crippen LogP contribution in [0, 0.1) is 28.6 Å². The number of hydrogen-bond donors (Lipinski definition) is 0. The molecule has 0 spiro atoms. The summed E-state index contributed by atoms with van der Waals surface area (Å²) < 4.78 is 2.80. The molecule has 0 unspecified atom stereocenters. The SMILES string of the molecule is N#CCC[C@H](C#N)Cn1ccc(-c2ccc(Br)cc2)n1. The predicted molar refractivity (Wildman–Crippen MR) is 79.3 cm³/mol. The fraction of sp³-hybridized carbons (Fsp3) is 0.267. The number of hydrogen-bond acceptors (Lipinski definition) is 3. The minimum absolute atomic E-state index is 0.174. The van der Waals surface area contributed by atoms with Crippen molar-refractivity contribution < 1.29 is 0 Å². The van der Waals surface area contributed by atoms with Crippen LogP contribution in [0.2, 0.25) is 0 Å². The monoisotopic (exact) mass is 328 g/mol. The highest BCUT2D eigenvalue weighted by Crippen LogP contribution is 2.20. The van der Waals surface area contributed by atoms with Gasteiger partial charge in [0.1, 0.15) is 0 Å². The summed E-state index contributed by atoms with van der Waals surface area (Å²) in [4.78, 5) is 0. The Morgan fingerprint density at radius 2 is 1.95 bits per heavy atom. The standard InChI is InChI=1S/C15H13BrN4/c16-14-5-3-13(4-6-14)15-7-9-20(19-15)11-12(10-18)2-1-8-17/h3-7,9,12H,1-2,11H2/t12-/m1/s1. The maximum atomic E-state index is 9.06. The van der Waals surface area contributed by atoms with E-state index in [-0.39, 0.29) is 5.92 Å². The zero-order chi connectivity index (χ0) is 14.4. The second-order valence-corrected chi connectivity index (χ2v) is 5.37. The van der Waals surface area contributed by atoms with Gasteiger partial charge in [0.05, 0.1) is 30.3 Å². The number of benzene rings is 1. The molecule has 1 aromatic carbocycles. The molecule has 0 aliphatic carbocycles. The van der Waals surface area contributed by atoms with Crippen molar-refractivity contribution in [3.8, 4) is 23.4 Å². The van der Waals surface area contributed by atoms with Gasteiger partial charge in [0, 0.05) is 22.7 Å². The smallest absolute Gasteiger partial charge is 0.0923 e. The van der Waals surface area contributed by atoms with E-state index >= 15 is 0 Å². The van der Waals surface area contributed by atoms with Crippen molar-refractivity contribution in [1.29, 1.82) is 10.5 Å². The number of rotatable bonds is 5. The first kappa shape index (κ1) is 14.3. The average molecular weight is 329 g/mol. The Balaban J connectivity index is 2.07. The predicted octanol–water partition coefficient (Wildman–Crippen LogP) is 3.76. The van der Waals surface area contributed by atoms with Crippen molar-refractivity contribution in [2.45, 2.75) is 19.4 Å². The molecule has 0 bridgehead atoms. The molecule has 5 heteroatoms. The Morgan fingerprint density at radius 3 is 2.60 bits per heavy atom. The van der Waals surface area contributed by atoms with E-state index in [2.05, 4.69) is 33.2 Å². The molecule has 0 radical (unpaired) electrons. The van der Waals surface area contributed by atoms with Crippen LogP contribution in [0.4, 0.5) is 0 Å². The number of halogens is 1. The Bertz CT molecular complexity index is 646. The normalized spacial score (nSPS) is 11.6. The molecule has 2 aromatic rings. The van der Waals surface area contributed by atoms with Crippen molar-refractivity contribution in [1.82, 2.24) is 9.78 Å². The van der Waals surface area contributed by atoms with Crippen LogP contribution in [-0.2, 0) is 6.54 Å². The van der Waals surface area contributed by atoms with Crippen molar-refractivity contribution in [2.24, 2.45) is 5.92 Å². The van der Waals surface area contributed by atoms with Crippen LogP contribution in [0.3, 0.4) is 0 Å². The highest BCUT2D eigenvalue weighted by atomic mass is 79.9. The summed E-state index contributed by atoms with van der Waals surface area (Å²) in [7, 11) is 0. The maximum absolute atomic E-state index is 9.06. The Morgan fingerprint density at radius 1 is 1.20 bits per heavy atom. The minimum atomic E-state index is -0.174. The molecule has 0 aliphatic rings. The van der Waals surface area contributed by atoms with E-state index in [4.69, 9.17) is 10.5 Å². The first-order chi connectivity index (χ1) is 9.72. The van der Waals surface area contributed by atoms with Gasteiger partial charge < -0.3 is 0 Å². The third kappa shape index (κ3) is 3.69. The Hall–Kier alpha value is -2.11. The summed E-state index contributed by atoms with van der Waals surface area (Å²) in [5, 5.41) is 22.1. The first-order valence-corrected chi connectivity index (χ1v) is 7.08. The largest absolute Gasteiger partial charge is 0.271 e. The van der Waals surface area contributed by atoms with Gasteiger partial charge in [-0.15, -0.1) is 0 Å². The molecule has 4 nitrogen and oxygen atoms in total. The van der Waals surface area contributed by atoms with Crippen molar-refractivity contribution in [3.05, 3.63) is 41.0 Å².